The molecule has 7 nitrogen and oxygen atoms in total. The lowest BCUT2D eigenvalue weighted by Crippen LogP contribution is -2.51. The van der Waals surface area contributed by atoms with Crippen LogP contribution in [0.15, 0.2) is 4.52 Å². The van der Waals surface area contributed by atoms with E-state index in [-0.39, 0.29) is 30.3 Å². The highest BCUT2D eigenvalue weighted by molar-refractivity contribution is 5.85. The van der Waals surface area contributed by atoms with Crippen LogP contribution in [0.1, 0.15) is 38.6 Å². The predicted molar refractivity (Wildman–Crippen MR) is 83.6 cm³/mol. The molecule has 0 saturated carbocycles. The summed E-state index contributed by atoms with van der Waals surface area (Å²) in [5.74, 6) is 1.60. The van der Waals surface area contributed by atoms with Crippen LogP contribution in [0.25, 0.3) is 0 Å². The Morgan fingerprint density at radius 1 is 1.45 bits per heavy atom. The average molecular weight is 333 g/mol. The Labute approximate surface area is 137 Å². The first kappa shape index (κ1) is 18.9. The molecular formula is C14H25ClN4O3. The van der Waals surface area contributed by atoms with E-state index in [2.05, 4.69) is 29.3 Å². The summed E-state index contributed by atoms with van der Waals surface area (Å²) in [5, 5.41) is 7.01. The zero-order chi connectivity index (χ0) is 15.4. The number of rotatable bonds is 7. The molecule has 126 valence electrons. The number of aromatic nitrogens is 2. The Hall–Kier alpha value is -1.18. The van der Waals surface area contributed by atoms with Gasteiger partial charge in [0.1, 0.15) is 6.10 Å². The van der Waals surface area contributed by atoms with Crippen molar-refractivity contribution >= 4 is 18.3 Å². The van der Waals surface area contributed by atoms with Gasteiger partial charge in [0.05, 0.1) is 12.5 Å². The van der Waals surface area contributed by atoms with Crippen LogP contribution < -0.4 is 5.32 Å². The van der Waals surface area contributed by atoms with Gasteiger partial charge in [0.25, 0.3) is 0 Å². The molecule has 2 heterocycles. The van der Waals surface area contributed by atoms with Crippen LogP contribution in [0.2, 0.25) is 0 Å². The van der Waals surface area contributed by atoms with Crippen molar-refractivity contribution < 1.29 is 14.1 Å². The predicted octanol–water partition coefficient (Wildman–Crippen LogP) is 1.40. The van der Waals surface area contributed by atoms with Gasteiger partial charge in [-0.3, -0.25) is 4.79 Å². The van der Waals surface area contributed by atoms with E-state index in [0.29, 0.717) is 30.8 Å². The van der Waals surface area contributed by atoms with E-state index in [1.165, 1.54) is 0 Å². The number of hydrogen-bond acceptors (Lipinski definition) is 6. The Morgan fingerprint density at radius 3 is 2.68 bits per heavy atom. The number of halogens is 1. The average Bonchev–Trinajstić information content (AvgIpc) is 2.82. The van der Waals surface area contributed by atoms with E-state index in [0.717, 1.165) is 13.1 Å². The number of ether oxygens (including phenoxy) is 1. The van der Waals surface area contributed by atoms with Crippen molar-refractivity contribution in [1.29, 1.82) is 0 Å². The Bertz CT molecular complexity index is 476. The third-order valence-electron chi connectivity index (χ3n) is 3.41. The summed E-state index contributed by atoms with van der Waals surface area (Å²) in [7, 11) is 1.75. The van der Waals surface area contributed by atoms with Crippen LogP contribution in [0.3, 0.4) is 0 Å². The normalized spacial score (nSPS) is 16.0. The monoisotopic (exact) mass is 332 g/mol. The smallest absolute Gasteiger partial charge is 0.246 e. The largest absolute Gasteiger partial charge is 0.370 e. The summed E-state index contributed by atoms with van der Waals surface area (Å²) < 4.78 is 10.8. The van der Waals surface area contributed by atoms with Gasteiger partial charge in [-0.05, 0) is 12.8 Å². The number of hydrogen-bond donors (Lipinski definition) is 1. The number of nitrogens with one attached hydrogen (secondary N) is 1. The van der Waals surface area contributed by atoms with Crippen molar-refractivity contribution in [1.82, 2.24) is 20.4 Å². The van der Waals surface area contributed by atoms with Crippen molar-refractivity contribution in [2.45, 2.75) is 33.4 Å². The van der Waals surface area contributed by atoms with Crippen LogP contribution >= 0.6 is 12.4 Å². The van der Waals surface area contributed by atoms with E-state index in [1.807, 2.05) is 6.92 Å². The molecule has 1 fully saturated rings. The second-order valence-electron chi connectivity index (χ2n) is 5.97. The van der Waals surface area contributed by atoms with E-state index in [1.54, 1.807) is 11.9 Å². The number of nitrogens with zero attached hydrogens (tertiary/aromatic N) is 3. The summed E-state index contributed by atoms with van der Waals surface area (Å²) in [6.45, 7) is 8.55. The highest BCUT2D eigenvalue weighted by Crippen LogP contribution is 2.16. The minimum Gasteiger partial charge on any atom is -0.370 e. The fourth-order valence-corrected chi connectivity index (χ4v) is 1.96. The molecule has 1 amide bonds. The summed E-state index contributed by atoms with van der Waals surface area (Å²) in [4.78, 5) is 17.9. The topological polar surface area (TPSA) is 80.5 Å². The number of carbonyl (C=O) groups is 1. The zero-order valence-electron chi connectivity index (χ0n) is 13.5. The van der Waals surface area contributed by atoms with Gasteiger partial charge < -0.3 is 19.5 Å². The molecule has 1 aromatic heterocycles. The van der Waals surface area contributed by atoms with E-state index < -0.39 is 0 Å². The summed E-state index contributed by atoms with van der Waals surface area (Å²) in [5.41, 5.74) is 0. The Morgan fingerprint density at radius 2 is 2.14 bits per heavy atom. The number of amides is 1. The van der Waals surface area contributed by atoms with Crippen molar-refractivity contribution in [3.63, 3.8) is 0 Å². The van der Waals surface area contributed by atoms with Gasteiger partial charge in [-0.2, -0.15) is 4.98 Å². The van der Waals surface area contributed by atoms with E-state index in [9.17, 15) is 4.79 Å². The fourth-order valence-electron chi connectivity index (χ4n) is 1.96. The minimum atomic E-state index is -0.207. The maximum Gasteiger partial charge on any atom is 0.246 e. The van der Waals surface area contributed by atoms with Gasteiger partial charge in [-0.1, -0.05) is 19.0 Å². The molecule has 1 N–H and O–H groups in total. The van der Waals surface area contributed by atoms with Gasteiger partial charge in [0.2, 0.25) is 11.8 Å². The third kappa shape index (κ3) is 4.93. The standard InChI is InChI=1S/C14H24N4O3.ClH/c1-9(2)8-20-10(3)13-16-12(21-17-13)7-18(4)14(19)11-5-15-6-11;/h9-11,15H,5-8H2,1-4H3;1H. The van der Waals surface area contributed by atoms with Crippen LogP contribution in [-0.4, -0.2) is 47.7 Å². The Balaban J connectivity index is 0.00000242. The molecule has 1 atom stereocenters. The SMILES string of the molecule is CC(C)COC(C)c1noc(CN(C)C(=O)C2CNC2)n1.Cl. The molecule has 8 heteroatoms. The maximum atomic E-state index is 12.0. The Kier molecular flexibility index (Phi) is 7.25. The highest BCUT2D eigenvalue weighted by Gasteiger charge is 2.28. The minimum absolute atomic E-state index is 0. The summed E-state index contributed by atoms with van der Waals surface area (Å²) in [6, 6.07) is 0. The van der Waals surface area contributed by atoms with Crippen LogP contribution in [0, 0.1) is 11.8 Å². The molecular weight excluding hydrogens is 308 g/mol. The second-order valence-corrected chi connectivity index (χ2v) is 5.97. The molecule has 1 aliphatic heterocycles. The first-order valence-electron chi connectivity index (χ1n) is 7.37. The molecule has 22 heavy (non-hydrogen) atoms. The molecule has 0 radical (unpaired) electrons. The van der Waals surface area contributed by atoms with E-state index >= 15 is 0 Å². The molecule has 1 unspecified atom stereocenters. The van der Waals surface area contributed by atoms with Crippen molar-refractivity contribution in [2.75, 3.05) is 26.7 Å². The molecule has 0 aliphatic carbocycles. The summed E-state index contributed by atoms with van der Waals surface area (Å²) >= 11 is 0. The maximum absolute atomic E-state index is 12.0. The number of carbonyl (C=O) groups excluding carboxylic acids is 1. The van der Waals surface area contributed by atoms with Gasteiger partial charge in [-0.15, -0.1) is 12.4 Å². The molecule has 1 saturated heterocycles. The van der Waals surface area contributed by atoms with Gasteiger partial charge in [0.15, 0.2) is 5.82 Å². The van der Waals surface area contributed by atoms with Crippen LogP contribution in [0.4, 0.5) is 0 Å². The lowest BCUT2D eigenvalue weighted by molar-refractivity contribution is -0.136. The van der Waals surface area contributed by atoms with Gasteiger partial charge in [-0.25, -0.2) is 0 Å². The molecule has 2 rings (SSSR count). The molecule has 1 aromatic rings. The lowest BCUT2D eigenvalue weighted by atomic mass is 10.0. The molecule has 0 aromatic carbocycles. The fraction of sp³-hybridized carbons (Fsp3) is 0.786. The van der Waals surface area contributed by atoms with Crippen molar-refractivity contribution in [2.24, 2.45) is 11.8 Å². The van der Waals surface area contributed by atoms with Crippen molar-refractivity contribution in [3.8, 4) is 0 Å². The first-order chi connectivity index (χ1) is 9.97. The second kappa shape index (κ2) is 8.45. The molecule has 1 aliphatic rings. The summed E-state index contributed by atoms with van der Waals surface area (Å²) in [6.07, 6.45) is -0.207. The van der Waals surface area contributed by atoms with Gasteiger partial charge >= 0.3 is 0 Å². The zero-order valence-corrected chi connectivity index (χ0v) is 14.4. The van der Waals surface area contributed by atoms with Crippen LogP contribution in [0.5, 0.6) is 0 Å². The van der Waals surface area contributed by atoms with Crippen LogP contribution in [-0.2, 0) is 16.1 Å². The van der Waals surface area contributed by atoms with Crippen molar-refractivity contribution in [3.05, 3.63) is 11.7 Å². The first-order valence-corrected chi connectivity index (χ1v) is 7.37. The van der Waals surface area contributed by atoms with Gasteiger partial charge in [0, 0.05) is 26.7 Å². The molecule has 0 spiro atoms. The molecule has 0 bridgehead atoms. The quantitative estimate of drug-likeness (QED) is 0.813. The lowest BCUT2D eigenvalue weighted by Gasteiger charge is -2.29. The third-order valence-corrected chi connectivity index (χ3v) is 3.41. The van der Waals surface area contributed by atoms with E-state index in [4.69, 9.17) is 9.26 Å². The highest BCUT2D eigenvalue weighted by atomic mass is 35.5.